The summed E-state index contributed by atoms with van der Waals surface area (Å²) >= 11 is 1.36. The van der Waals surface area contributed by atoms with Gasteiger partial charge < -0.3 is 34.6 Å². The summed E-state index contributed by atoms with van der Waals surface area (Å²) in [5, 5.41) is 10.6. The highest BCUT2D eigenvalue weighted by Crippen LogP contribution is 2.32. The number of ether oxygens (including phenoxy) is 4. The number of rotatable bonds is 19. The molecule has 2 amide bonds. The maximum Gasteiger partial charge on any atom is 0.339 e. The number of carbonyl (C=O) groups is 4. The SMILES string of the molecule is CCn1nc(C)cc1C(=O)Nc1nc2cc(C(N)=O)cc(OCCCN3CCOCC3)c2n1C/C=C/CNc1ncc(C(=O)OC)cc1SCCC(=O)OC. The van der Waals surface area contributed by atoms with Gasteiger partial charge in [-0.05, 0) is 44.5 Å². The Labute approximate surface area is 322 Å². The highest BCUT2D eigenvalue weighted by molar-refractivity contribution is 7.99. The number of pyridine rings is 1. The van der Waals surface area contributed by atoms with E-state index >= 15 is 0 Å². The molecule has 3 aromatic heterocycles. The Morgan fingerprint density at radius 2 is 1.85 bits per heavy atom. The molecule has 55 heavy (non-hydrogen) atoms. The summed E-state index contributed by atoms with van der Waals surface area (Å²) in [6.07, 6.45) is 6.11. The van der Waals surface area contributed by atoms with Crippen molar-refractivity contribution in [1.29, 1.82) is 0 Å². The Bertz CT molecular complexity index is 2020. The van der Waals surface area contributed by atoms with Gasteiger partial charge in [0.05, 0.1) is 62.1 Å². The first-order valence-electron chi connectivity index (χ1n) is 17.9. The van der Waals surface area contributed by atoms with Crippen LogP contribution in [0.5, 0.6) is 5.75 Å². The second-order valence-electron chi connectivity index (χ2n) is 12.4. The van der Waals surface area contributed by atoms with Crippen molar-refractivity contribution < 1.29 is 38.1 Å². The summed E-state index contributed by atoms with van der Waals surface area (Å²) in [7, 11) is 2.63. The third kappa shape index (κ3) is 10.8. The number of thioether (sulfide) groups is 1. The first kappa shape index (κ1) is 40.7. The molecular weight excluding hydrogens is 731 g/mol. The van der Waals surface area contributed by atoms with Gasteiger partial charge in [0.1, 0.15) is 22.8 Å². The molecule has 18 heteroatoms. The molecule has 0 aliphatic carbocycles. The minimum Gasteiger partial charge on any atom is -0.491 e. The molecule has 1 aliphatic rings. The Balaban J connectivity index is 1.40. The van der Waals surface area contributed by atoms with Gasteiger partial charge in [0.25, 0.3) is 5.91 Å². The van der Waals surface area contributed by atoms with E-state index in [1.807, 2.05) is 30.6 Å². The number of fused-ring (bicyclic) bond motifs is 1. The number of nitrogens with two attached hydrogens (primary N) is 1. The molecule has 4 aromatic rings. The summed E-state index contributed by atoms with van der Waals surface area (Å²) in [6, 6.07) is 6.56. The van der Waals surface area contributed by atoms with Gasteiger partial charge in [0, 0.05) is 56.8 Å². The third-order valence-corrected chi connectivity index (χ3v) is 9.67. The fraction of sp³-hybridized carbons (Fsp3) is 0.432. The van der Waals surface area contributed by atoms with Crippen LogP contribution in [0.2, 0.25) is 0 Å². The molecule has 4 N–H and O–H groups in total. The van der Waals surface area contributed by atoms with E-state index in [2.05, 4.69) is 25.6 Å². The van der Waals surface area contributed by atoms with E-state index in [9.17, 15) is 19.2 Å². The van der Waals surface area contributed by atoms with Crippen LogP contribution in [0.3, 0.4) is 0 Å². The fourth-order valence-electron chi connectivity index (χ4n) is 5.87. The second-order valence-corrected chi connectivity index (χ2v) is 13.6. The number of allylic oxidation sites excluding steroid dienone is 1. The molecule has 0 saturated carbocycles. The van der Waals surface area contributed by atoms with Gasteiger partial charge in [-0.15, -0.1) is 11.8 Å². The average molecular weight is 778 g/mol. The van der Waals surface area contributed by atoms with Crippen LogP contribution < -0.4 is 21.1 Å². The Kier molecular flexibility index (Phi) is 14.6. The molecule has 1 fully saturated rings. The van der Waals surface area contributed by atoms with Crippen molar-refractivity contribution >= 4 is 58.3 Å². The van der Waals surface area contributed by atoms with Gasteiger partial charge in [0.15, 0.2) is 0 Å². The van der Waals surface area contributed by atoms with Crippen molar-refractivity contribution in [3.63, 3.8) is 0 Å². The van der Waals surface area contributed by atoms with Gasteiger partial charge in [-0.25, -0.2) is 14.8 Å². The van der Waals surface area contributed by atoms with Crippen LogP contribution in [-0.2, 0) is 32.1 Å². The van der Waals surface area contributed by atoms with E-state index in [0.717, 1.165) is 26.1 Å². The van der Waals surface area contributed by atoms with Crippen LogP contribution >= 0.6 is 11.8 Å². The highest BCUT2D eigenvalue weighted by Gasteiger charge is 2.22. The monoisotopic (exact) mass is 777 g/mol. The number of imidazole rings is 1. The van der Waals surface area contributed by atoms with Crippen LogP contribution in [0.4, 0.5) is 11.8 Å². The number of hydrogen-bond acceptors (Lipinski definition) is 14. The fourth-order valence-corrected chi connectivity index (χ4v) is 6.83. The van der Waals surface area contributed by atoms with E-state index in [0.29, 0.717) is 77.5 Å². The Morgan fingerprint density at radius 3 is 2.58 bits per heavy atom. The highest BCUT2D eigenvalue weighted by atomic mass is 32.2. The molecule has 5 rings (SSSR count). The van der Waals surface area contributed by atoms with Gasteiger partial charge in [-0.2, -0.15) is 5.10 Å². The molecule has 17 nitrogen and oxygen atoms in total. The second kappa shape index (κ2) is 19.7. The maximum absolute atomic E-state index is 13.6. The van der Waals surface area contributed by atoms with Crippen LogP contribution in [0, 0.1) is 6.92 Å². The zero-order valence-corrected chi connectivity index (χ0v) is 32.3. The topological polar surface area (TPSA) is 207 Å². The van der Waals surface area contributed by atoms with Gasteiger partial charge in [-0.3, -0.25) is 29.3 Å². The number of esters is 2. The largest absolute Gasteiger partial charge is 0.491 e. The van der Waals surface area contributed by atoms with Gasteiger partial charge in [0.2, 0.25) is 11.9 Å². The number of benzene rings is 1. The normalized spacial score (nSPS) is 13.2. The van der Waals surface area contributed by atoms with E-state index in [1.165, 1.54) is 32.2 Å². The number of primary amides is 1. The number of aryl methyl sites for hydroxylation is 2. The molecule has 294 valence electrons. The first-order valence-corrected chi connectivity index (χ1v) is 18.9. The molecule has 1 aliphatic heterocycles. The van der Waals surface area contributed by atoms with Crippen molar-refractivity contribution in [3.05, 3.63) is 65.1 Å². The molecule has 0 unspecified atom stereocenters. The van der Waals surface area contributed by atoms with E-state index in [1.54, 1.807) is 28.9 Å². The lowest BCUT2D eigenvalue weighted by atomic mass is 10.1. The number of hydrogen-bond donors (Lipinski definition) is 3. The average Bonchev–Trinajstić information content (AvgIpc) is 3.75. The molecule has 0 spiro atoms. The lowest BCUT2D eigenvalue weighted by Crippen LogP contribution is -2.37. The van der Waals surface area contributed by atoms with Crippen molar-refractivity contribution in [2.24, 2.45) is 5.73 Å². The Hall–Kier alpha value is -5.46. The molecule has 0 radical (unpaired) electrons. The molecule has 1 saturated heterocycles. The maximum atomic E-state index is 13.6. The number of carbonyl (C=O) groups excluding carboxylic acids is 4. The smallest absolute Gasteiger partial charge is 0.339 e. The van der Waals surface area contributed by atoms with Crippen LogP contribution in [0.25, 0.3) is 11.0 Å². The predicted molar refractivity (Wildman–Crippen MR) is 207 cm³/mol. The minimum atomic E-state index is -0.635. The first-order chi connectivity index (χ1) is 26.6. The molecular formula is C37H47N9O8S. The number of morpholine rings is 1. The number of amides is 2. The molecule has 1 aromatic carbocycles. The summed E-state index contributed by atoms with van der Waals surface area (Å²) in [5.74, 6) is -0.322. The summed E-state index contributed by atoms with van der Waals surface area (Å²) in [6.45, 7) is 9.14. The predicted octanol–water partition coefficient (Wildman–Crippen LogP) is 3.52. The van der Waals surface area contributed by atoms with Crippen molar-refractivity contribution in [2.75, 3.05) is 76.6 Å². The van der Waals surface area contributed by atoms with Crippen LogP contribution in [0.1, 0.15) is 56.7 Å². The molecule has 0 bridgehead atoms. The van der Waals surface area contributed by atoms with E-state index < -0.39 is 17.8 Å². The van der Waals surface area contributed by atoms with Crippen molar-refractivity contribution in [3.8, 4) is 5.75 Å². The number of nitrogens with zero attached hydrogens (tertiary/aromatic N) is 6. The summed E-state index contributed by atoms with van der Waals surface area (Å²) in [4.78, 5) is 62.0. The lowest BCUT2D eigenvalue weighted by molar-refractivity contribution is -0.140. The summed E-state index contributed by atoms with van der Waals surface area (Å²) in [5.41, 5.74) is 8.30. The molecule has 0 atom stereocenters. The van der Waals surface area contributed by atoms with Gasteiger partial charge >= 0.3 is 11.9 Å². The van der Waals surface area contributed by atoms with E-state index in [-0.39, 0.29) is 36.0 Å². The minimum absolute atomic E-state index is 0.182. The lowest BCUT2D eigenvalue weighted by Gasteiger charge is -2.26. The zero-order chi connectivity index (χ0) is 39.3. The number of aromatic nitrogens is 5. The quantitative estimate of drug-likeness (QED) is 0.0539. The summed E-state index contributed by atoms with van der Waals surface area (Å²) < 4.78 is 24.8. The van der Waals surface area contributed by atoms with E-state index in [4.69, 9.17) is 29.7 Å². The van der Waals surface area contributed by atoms with Crippen LogP contribution in [0.15, 0.2) is 47.5 Å². The Morgan fingerprint density at radius 1 is 1.05 bits per heavy atom. The zero-order valence-electron chi connectivity index (χ0n) is 31.5. The van der Waals surface area contributed by atoms with Crippen molar-refractivity contribution in [2.45, 2.75) is 44.7 Å². The van der Waals surface area contributed by atoms with Crippen molar-refractivity contribution in [1.82, 2.24) is 29.2 Å². The standard InChI is InChI=1S/C37H47N9O8S/c1-5-46-28(19-24(2)43-46)35(49)42-37-41-27-20-25(33(38)48)21-29(54-15-8-11-44-13-16-53-17-14-44)32(27)45(37)12-7-6-10-39-34-30(55-18-9-31(47)51-3)22-26(23-40-34)36(50)52-4/h6-7,19-23H,5,8-18H2,1-4H3,(H2,38,48)(H,39,40)(H,41,42,49)/b7-6+. The third-order valence-electron chi connectivity index (χ3n) is 8.64. The van der Waals surface area contributed by atoms with Crippen LogP contribution in [-0.4, -0.2) is 119 Å². The van der Waals surface area contributed by atoms with Gasteiger partial charge in [-0.1, -0.05) is 12.2 Å². The number of methoxy groups -OCH3 is 2. The number of anilines is 2. The number of nitrogens with one attached hydrogen (secondary N) is 2. The molecule has 4 heterocycles.